The van der Waals surface area contributed by atoms with Crippen LogP contribution in [0.3, 0.4) is 0 Å². The predicted molar refractivity (Wildman–Crippen MR) is 71.8 cm³/mol. The molecule has 0 aliphatic rings. The van der Waals surface area contributed by atoms with E-state index in [1.165, 1.54) is 11.3 Å². The lowest BCUT2D eigenvalue weighted by atomic mass is 10.2. The predicted octanol–water partition coefficient (Wildman–Crippen LogP) is 2.45. The van der Waals surface area contributed by atoms with E-state index < -0.39 is 0 Å². The molecule has 19 heavy (non-hydrogen) atoms. The molecule has 6 nitrogen and oxygen atoms in total. The number of nitrogen functional groups attached to an aromatic ring is 1. The van der Waals surface area contributed by atoms with Crippen molar-refractivity contribution in [3.63, 3.8) is 0 Å². The van der Waals surface area contributed by atoms with Crippen LogP contribution in [0, 0.1) is 0 Å². The van der Waals surface area contributed by atoms with Crippen LogP contribution in [0.2, 0.25) is 0 Å². The molecular weight excluding hydrogens is 264 g/mol. The molecule has 0 spiro atoms. The van der Waals surface area contributed by atoms with Gasteiger partial charge >= 0.3 is 0 Å². The van der Waals surface area contributed by atoms with Gasteiger partial charge in [0, 0.05) is 10.9 Å². The summed E-state index contributed by atoms with van der Waals surface area (Å²) in [5, 5.41) is 6.17. The Bertz CT molecular complexity index is 707. The first kappa shape index (κ1) is 11.7. The zero-order valence-electron chi connectivity index (χ0n) is 10.0. The zero-order valence-corrected chi connectivity index (χ0v) is 10.8. The zero-order chi connectivity index (χ0) is 13.2. The van der Waals surface area contributed by atoms with Crippen LogP contribution in [0.1, 0.15) is 0 Å². The molecule has 7 heteroatoms. The van der Waals surface area contributed by atoms with Crippen molar-refractivity contribution >= 4 is 16.5 Å². The van der Waals surface area contributed by atoms with Gasteiger partial charge in [0.05, 0.1) is 7.11 Å². The molecule has 0 aliphatic carbocycles. The summed E-state index contributed by atoms with van der Waals surface area (Å²) in [4.78, 5) is 8.39. The van der Waals surface area contributed by atoms with Gasteiger partial charge in [-0.2, -0.15) is 4.98 Å². The Balaban J connectivity index is 1.96. The number of ether oxygens (including phenoxy) is 1. The summed E-state index contributed by atoms with van der Waals surface area (Å²) in [7, 11) is 1.61. The van der Waals surface area contributed by atoms with Crippen LogP contribution < -0.4 is 10.5 Å². The molecule has 1 aromatic carbocycles. The summed E-state index contributed by atoms with van der Waals surface area (Å²) in [5.41, 5.74) is 6.98. The highest BCUT2D eigenvalue weighted by molar-refractivity contribution is 7.13. The van der Waals surface area contributed by atoms with E-state index in [0.29, 0.717) is 22.5 Å². The van der Waals surface area contributed by atoms with Crippen molar-refractivity contribution in [1.82, 2.24) is 15.1 Å². The van der Waals surface area contributed by atoms with Crippen molar-refractivity contribution in [2.24, 2.45) is 0 Å². The van der Waals surface area contributed by atoms with Gasteiger partial charge < -0.3 is 15.0 Å². The van der Waals surface area contributed by atoms with E-state index in [2.05, 4.69) is 15.1 Å². The van der Waals surface area contributed by atoms with E-state index in [-0.39, 0.29) is 0 Å². The number of anilines is 1. The monoisotopic (exact) mass is 274 g/mol. The number of benzene rings is 1. The molecule has 96 valence electrons. The van der Waals surface area contributed by atoms with Crippen LogP contribution in [0.25, 0.3) is 23.0 Å². The second-order valence-electron chi connectivity index (χ2n) is 3.73. The summed E-state index contributed by atoms with van der Waals surface area (Å²) >= 11 is 1.33. The lowest BCUT2D eigenvalue weighted by molar-refractivity contribution is 0.414. The van der Waals surface area contributed by atoms with Gasteiger partial charge in [-0.05, 0) is 12.1 Å². The number of nitrogens with two attached hydrogens (primary N) is 1. The molecule has 3 rings (SSSR count). The summed E-state index contributed by atoms with van der Waals surface area (Å²) in [6, 6.07) is 7.44. The molecule has 0 bridgehead atoms. The molecule has 2 N–H and O–H groups in total. The van der Waals surface area contributed by atoms with Crippen LogP contribution in [-0.2, 0) is 0 Å². The second kappa shape index (κ2) is 4.69. The van der Waals surface area contributed by atoms with Crippen molar-refractivity contribution in [3.05, 3.63) is 29.6 Å². The summed E-state index contributed by atoms with van der Waals surface area (Å²) in [6.07, 6.45) is 0. The molecular formula is C12H10N4O2S. The van der Waals surface area contributed by atoms with Gasteiger partial charge in [-0.25, -0.2) is 4.98 Å². The first-order valence-electron chi connectivity index (χ1n) is 5.46. The van der Waals surface area contributed by atoms with Crippen LogP contribution in [0.15, 0.2) is 34.2 Å². The van der Waals surface area contributed by atoms with Crippen LogP contribution in [0.4, 0.5) is 5.13 Å². The van der Waals surface area contributed by atoms with Gasteiger partial charge in [0.2, 0.25) is 5.82 Å². The van der Waals surface area contributed by atoms with E-state index in [1.807, 2.05) is 24.3 Å². The smallest absolute Gasteiger partial charge is 0.277 e. The van der Waals surface area contributed by atoms with Crippen LogP contribution in [0.5, 0.6) is 5.75 Å². The Morgan fingerprint density at radius 3 is 2.95 bits per heavy atom. The average Bonchev–Trinajstić information content (AvgIpc) is 3.07. The summed E-state index contributed by atoms with van der Waals surface area (Å²) < 4.78 is 10.3. The van der Waals surface area contributed by atoms with Gasteiger partial charge in [-0.1, -0.05) is 17.3 Å². The fraction of sp³-hybridized carbons (Fsp3) is 0.0833. The van der Waals surface area contributed by atoms with Crippen molar-refractivity contribution in [2.75, 3.05) is 12.8 Å². The fourth-order valence-corrected chi connectivity index (χ4v) is 2.13. The van der Waals surface area contributed by atoms with Crippen LogP contribution in [-0.4, -0.2) is 22.2 Å². The van der Waals surface area contributed by atoms with Crippen molar-refractivity contribution in [1.29, 1.82) is 0 Å². The Hall–Kier alpha value is -2.41. The molecule has 2 heterocycles. The average molecular weight is 274 g/mol. The van der Waals surface area contributed by atoms with Crippen molar-refractivity contribution in [2.45, 2.75) is 0 Å². The molecule has 2 aromatic heterocycles. The van der Waals surface area contributed by atoms with Crippen LogP contribution >= 0.6 is 11.3 Å². The van der Waals surface area contributed by atoms with E-state index in [1.54, 1.807) is 12.5 Å². The molecule has 0 radical (unpaired) electrons. The van der Waals surface area contributed by atoms with Gasteiger partial charge in [0.1, 0.15) is 11.4 Å². The molecule has 0 unspecified atom stereocenters. The summed E-state index contributed by atoms with van der Waals surface area (Å²) in [5.74, 6) is 1.58. The molecule has 0 saturated heterocycles. The number of aromatic nitrogens is 3. The minimum atomic E-state index is 0.353. The normalized spacial score (nSPS) is 10.6. The number of thiazole rings is 1. The molecule has 0 saturated carbocycles. The molecule has 3 aromatic rings. The molecule has 0 aliphatic heterocycles. The van der Waals surface area contributed by atoms with Crippen molar-refractivity contribution in [3.8, 4) is 28.7 Å². The maximum absolute atomic E-state index is 5.57. The number of rotatable bonds is 3. The SMILES string of the molecule is COc1cccc(-c2noc(-c3csc(N)n3)n2)c1. The quantitative estimate of drug-likeness (QED) is 0.789. The van der Waals surface area contributed by atoms with Gasteiger partial charge in [-0.3, -0.25) is 0 Å². The topological polar surface area (TPSA) is 87.1 Å². The number of hydrogen-bond donors (Lipinski definition) is 1. The molecule has 0 fully saturated rings. The highest BCUT2D eigenvalue weighted by Gasteiger charge is 2.13. The molecule has 0 amide bonds. The third kappa shape index (κ3) is 2.27. The third-order valence-corrected chi connectivity index (χ3v) is 3.17. The number of hydrogen-bond acceptors (Lipinski definition) is 7. The molecule has 0 atom stereocenters. The highest BCUT2D eigenvalue weighted by Crippen LogP contribution is 2.26. The maximum atomic E-state index is 5.57. The van der Waals surface area contributed by atoms with Gasteiger partial charge in [0.25, 0.3) is 5.89 Å². The van der Waals surface area contributed by atoms with Gasteiger partial charge in [0.15, 0.2) is 5.13 Å². The summed E-state index contributed by atoms with van der Waals surface area (Å²) in [6.45, 7) is 0. The van der Waals surface area contributed by atoms with E-state index in [0.717, 1.165) is 11.3 Å². The van der Waals surface area contributed by atoms with E-state index in [4.69, 9.17) is 15.0 Å². The van der Waals surface area contributed by atoms with Crippen molar-refractivity contribution < 1.29 is 9.26 Å². The fourth-order valence-electron chi connectivity index (χ4n) is 1.59. The Kier molecular flexibility index (Phi) is 2.88. The third-order valence-electron chi connectivity index (χ3n) is 2.50. The number of nitrogens with zero attached hydrogens (tertiary/aromatic N) is 3. The van der Waals surface area contributed by atoms with E-state index in [9.17, 15) is 0 Å². The lowest BCUT2D eigenvalue weighted by Crippen LogP contribution is -1.85. The first-order chi connectivity index (χ1) is 9.26. The number of methoxy groups -OCH3 is 1. The standard InChI is InChI=1S/C12H10N4O2S/c1-17-8-4-2-3-7(5-8)10-15-11(18-16-10)9-6-19-12(13)14-9/h2-6H,1H3,(H2,13,14). The maximum Gasteiger partial charge on any atom is 0.277 e. The highest BCUT2D eigenvalue weighted by atomic mass is 32.1. The van der Waals surface area contributed by atoms with Gasteiger partial charge in [-0.15, -0.1) is 11.3 Å². The first-order valence-corrected chi connectivity index (χ1v) is 6.34. The lowest BCUT2D eigenvalue weighted by Gasteiger charge is -1.99. The Labute approximate surface area is 112 Å². The second-order valence-corrected chi connectivity index (χ2v) is 4.62. The minimum Gasteiger partial charge on any atom is -0.497 e. The minimum absolute atomic E-state index is 0.353. The largest absolute Gasteiger partial charge is 0.497 e. The Morgan fingerprint density at radius 2 is 2.21 bits per heavy atom. The van der Waals surface area contributed by atoms with E-state index >= 15 is 0 Å². The Morgan fingerprint density at radius 1 is 1.32 bits per heavy atom.